The molecule has 3 atom stereocenters. The maximum absolute atomic E-state index is 13.8. The molecule has 14 heteroatoms. The number of nitrogens with zero attached hydrogens (tertiary/aromatic N) is 3. The van der Waals surface area contributed by atoms with Gasteiger partial charge in [-0.1, -0.05) is 44.2 Å². The number of oxazole rings is 1. The summed E-state index contributed by atoms with van der Waals surface area (Å²) >= 11 is 0. The van der Waals surface area contributed by atoms with Gasteiger partial charge in [-0.25, -0.2) is 18.2 Å². The first kappa shape index (κ1) is 31.0. The number of nitrogen functional groups attached to an aromatic ring is 1. The summed E-state index contributed by atoms with van der Waals surface area (Å²) in [5.74, 6) is 0.747. The molecule has 0 aliphatic carbocycles. The Labute approximate surface area is 255 Å². The Morgan fingerprint density at radius 2 is 1.95 bits per heavy atom. The number of carbonyl (C=O) groups is 1. The van der Waals surface area contributed by atoms with Crippen LogP contribution in [-0.2, 0) is 21.2 Å². The van der Waals surface area contributed by atoms with E-state index in [9.17, 15) is 18.3 Å². The smallest absolute Gasteiger partial charge is 0.407 e. The first-order valence-corrected chi connectivity index (χ1v) is 15.6. The highest BCUT2D eigenvalue weighted by molar-refractivity contribution is 7.89. The third-order valence-electron chi connectivity index (χ3n) is 6.88. The van der Waals surface area contributed by atoms with Crippen LogP contribution in [0.3, 0.4) is 0 Å². The van der Waals surface area contributed by atoms with Crippen molar-refractivity contribution >= 4 is 33.2 Å². The van der Waals surface area contributed by atoms with Crippen molar-refractivity contribution in [3.05, 3.63) is 72.4 Å². The topological polar surface area (TPSA) is 179 Å². The molecular weight excluding hydrogens is 590 g/mol. The molecule has 13 nitrogen and oxygen atoms in total. The zero-order valence-electron chi connectivity index (χ0n) is 24.3. The quantitative estimate of drug-likeness (QED) is 0.211. The minimum absolute atomic E-state index is 0.0354. The highest BCUT2D eigenvalue weighted by Gasteiger charge is 2.32. The monoisotopic (exact) mass is 625 g/mol. The lowest BCUT2D eigenvalue weighted by Crippen LogP contribution is -2.51. The summed E-state index contributed by atoms with van der Waals surface area (Å²) < 4.78 is 50.9. The van der Waals surface area contributed by atoms with Gasteiger partial charge in [0.15, 0.2) is 17.4 Å². The number of carbonyl (C=O) groups excluding carboxylic acids is 1. The number of hydrogen-bond acceptors (Lipinski definition) is 11. The van der Waals surface area contributed by atoms with Gasteiger partial charge >= 0.3 is 6.09 Å². The molecule has 0 saturated carbocycles. The molecular formula is C30H35N5O8S. The molecule has 1 aliphatic heterocycles. The minimum Gasteiger partial charge on any atom is -0.484 e. The van der Waals surface area contributed by atoms with E-state index in [1.54, 1.807) is 18.3 Å². The van der Waals surface area contributed by atoms with E-state index < -0.39 is 34.4 Å². The number of aliphatic hydroxyl groups is 1. The minimum atomic E-state index is -4.09. The van der Waals surface area contributed by atoms with Gasteiger partial charge in [-0.2, -0.15) is 9.29 Å². The van der Waals surface area contributed by atoms with Crippen molar-refractivity contribution in [3.63, 3.8) is 0 Å². The fourth-order valence-corrected chi connectivity index (χ4v) is 6.43. The largest absolute Gasteiger partial charge is 0.484 e. The summed E-state index contributed by atoms with van der Waals surface area (Å²) in [5, 5.41) is 14.2. The number of sulfonamides is 1. The molecule has 0 saturated heterocycles. The predicted octanol–water partition coefficient (Wildman–Crippen LogP) is 2.99. The van der Waals surface area contributed by atoms with Gasteiger partial charge in [0.2, 0.25) is 10.0 Å². The van der Waals surface area contributed by atoms with Gasteiger partial charge in [-0.3, -0.25) is 0 Å². The number of ether oxygens (including phenoxy) is 3. The van der Waals surface area contributed by atoms with Crippen molar-refractivity contribution in [2.45, 2.75) is 43.4 Å². The predicted molar refractivity (Wildman–Crippen MR) is 161 cm³/mol. The molecule has 234 valence electrons. The molecule has 44 heavy (non-hydrogen) atoms. The number of benzene rings is 2. The van der Waals surface area contributed by atoms with Crippen molar-refractivity contribution in [1.29, 1.82) is 0 Å². The van der Waals surface area contributed by atoms with E-state index in [0.29, 0.717) is 17.1 Å². The Morgan fingerprint density at radius 1 is 1.16 bits per heavy atom. The van der Waals surface area contributed by atoms with Crippen LogP contribution in [0.1, 0.15) is 19.4 Å². The van der Waals surface area contributed by atoms with Crippen LogP contribution in [0.5, 0.6) is 11.6 Å². The first-order valence-electron chi connectivity index (χ1n) is 14.1. The van der Waals surface area contributed by atoms with E-state index in [1.165, 1.54) is 22.5 Å². The Bertz CT molecular complexity index is 1680. The lowest BCUT2D eigenvalue weighted by atomic mass is 10.0. The molecule has 0 bridgehead atoms. The summed E-state index contributed by atoms with van der Waals surface area (Å²) in [6.45, 7) is 3.60. The molecule has 3 unspecified atom stereocenters. The van der Waals surface area contributed by atoms with Gasteiger partial charge in [-0.15, -0.1) is 0 Å². The highest BCUT2D eigenvalue weighted by Crippen LogP contribution is 2.28. The first-order chi connectivity index (χ1) is 21.1. The van der Waals surface area contributed by atoms with E-state index in [0.717, 1.165) is 5.56 Å². The van der Waals surface area contributed by atoms with Crippen LogP contribution in [0.2, 0.25) is 0 Å². The zero-order chi connectivity index (χ0) is 31.3. The average Bonchev–Trinajstić information content (AvgIpc) is 3.39. The zero-order valence-corrected chi connectivity index (χ0v) is 25.1. The maximum Gasteiger partial charge on any atom is 0.407 e. The third kappa shape index (κ3) is 7.56. The van der Waals surface area contributed by atoms with Gasteiger partial charge in [-0.05, 0) is 42.2 Å². The van der Waals surface area contributed by atoms with Crippen molar-refractivity contribution in [1.82, 2.24) is 19.6 Å². The van der Waals surface area contributed by atoms with Gasteiger partial charge in [0, 0.05) is 25.4 Å². The Kier molecular flexibility index (Phi) is 9.52. The lowest BCUT2D eigenvalue weighted by Gasteiger charge is -2.31. The summed E-state index contributed by atoms with van der Waals surface area (Å²) in [4.78, 5) is 21.0. The number of aliphatic hydroxyl groups excluding tert-OH is 1. The average molecular weight is 626 g/mol. The normalized spacial score (nSPS) is 16.2. The van der Waals surface area contributed by atoms with Crippen LogP contribution in [0.25, 0.3) is 11.1 Å². The van der Waals surface area contributed by atoms with Crippen LogP contribution in [0, 0.1) is 5.92 Å². The number of amides is 1. The molecule has 0 fully saturated rings. The molecule has 4 N–H and O–H groups in total. The number of pyridine rings is 1. The number of aromatic nitrogens is 2. The van der Waals surface area contributed by atoms with Crippen molar-refractivity contribution < 1.29 is 36.9 Å². The molecule has 2 aromatic heterocycles. The SMILES string of the molecule is CC(C)CN(CC(O)C(Cc1ccccc1)NC(=O)OCC1COc2cccnc2O1)S(=O)(=O)c1ccc2nc(N)oc2c1. The Hall–Kier alpha value is -4.40. The van der Waals surface area contributed by atoms with E-state index >= 15 is 0 Å². The number of alkyl carbamates (subject to hydrolysis) is 1. The standard InChI is InChI=1S/C30H35N5O8S/c1-19(2)15-35(44(38,39)22-10-11-23-27(14-22)43-29(31)33-23)16-25(36)24(13-20-7-4-3-5-8-20)34-30(37)41-18-21-17-40-26-9-6-12-32-28(26)42-21/h3-12,14,19,21,24-25,36H,13,15-18H2,1-2H3,(H2,31,33)(H,34,37). The van der Waals surface area contributed by atoms with Crippen LogP contribution in [-0.4, -0.2) is 78.4 Å². The second-order valence-electron chi connectivity index (χ2n) is 10.9. The third-order valence-corrected chi connectivity index (χ3v) is 8.71. The second kappa shape index (κ2) is 13.5. The highest BCUT2D eigenvalue weighted by atomic mass is 32.2. The van der Waals surface area contributed by atoms with E-state index in [1.807, 2.05) is 44.2 Å². The molecule has 3 heterocycles. The summed E-state index contributed by atoms with van der Waals surface area (Å²) in [6.07, 6.45) is -0.891. The molecule has 1 amide bonds. The van der Waals surface area contributed by atoms with Crippen molar-refractivity contribution in [2.24, 2.45) is 5.92 Å². The van der Waals surface area contributed by atoms with Crippen LogP contribution in [0.15, 0.2) is 76.2 Å². The number of hydrogen-bond donors (Lipinski definition) is 3. The number of rotatable bonds is 12. The summed E-state index contributed by atoms with van der Waals surface area (Å²) in [6, 6.07) is 16.0. The molecule has 5 rings (SSSR count). The van der Waals surface area contributed by atoms with Crippen LogP contribution in [0.4, 0.5) is 10.8 Å². The van der Waals surface area contributed by atoms with Crippen molar-refractivity contribution in [3.8, 4) is 11.6 Å². The van der Waals surface area contributed by atoms with E-state index in [2.05, 4.69) is 15.3 Å². The van der Waals surface area contributed by atoms with Gasteiger partial charge in [0.25, 0.3) is 11.9 Å². The van der Waals surface area contributed by atoms with Crippen LogP contribution >= 0.6 is 0 Å². The van der Waals surface area contributed by atoms with E-state index in [-0.39, 0.29) is 55.1 Å². The number of anilines is 1. The lowest BCUT2D eigenvalue weighted by molar-refractivity contribution is 0.0259. The molecule has 0 spiro atoms. The van der Waals surface area contributed by atoms with Crippen LogP contribution < -0.4 is 20.5 Å². The number of nitrogens with two attached hydrogens (primary N) is 1. The Morgan fingerprint density at radius 3 is 2.73 bits per heavy atom. The summed E-state index contributed by atoms with van der Waals surface area (Å²) in [5.41, 5.74) is 7.11. The fraction of sp³-hybridized carbons (Fsp3) is 0.367. The summed E-state index contributed by atoms with van der Waals surface area (Å²) in [7, 11) is -4.09. The second-order valence-corrected chi connectivity index (χ2v) is 12.8. The molecule has 2 aromatic carbocycles. The number of nitrogens with one attached hydrogen (secondary N) is 1. The van der Waals surface area contributed by atoms with Gasteiger partial charge in [0.05, 0.1) is 17.0 Å². The Balaban J connectivity index is 1.30. The van der Waals surface area contributed by atoms with Gasteiger partial charge < -0.3 is 34.8 Å². The fourth-order valence-electron chi connectivity index (χ4n) is 4.79. The van der Waals surface area contributed by atoms with E-state index in [4.69, 9.17) is 24.4 Å². The van der Waals surface area contributed by atoms with Gasteiger partial charge in [0.1, 0.15) is 18.7 Å². The molecule has 4 aromatic rings. The molecule has 0 radical (unpaired) electrons. The molecule has 1 aliphatic rings. The number of fused-ring (bicyclic) bond motifs is 2. The maximum atomic E-state index is 13.8. The van der Waals surface area contributed by atoms with Crippen molar-refractivity contribution in [2.75, 3.05) is 32.0 Å².